The summed E-state index contributed by atoms with van der Waals surface area (Å²) in [6.45, 7) is 1.96. The topological polar surface area (TPSA) is 82.6 Å². The van der Waals surface area contributed by atoms with Crippen molar-refractivity contribution in [3.05, 3.63) is 29.5 Å². The van der Waals surface area contributed by atoms with E-state index in [2.05, 4.69) is 4.98 Å². The number of ether oxygens (including phenoxy) is 1. The molecule has 6 nitrogen and oxygen atoms in total. The number of hydrogen-bond donors (Lipinski definition) is 2. The molecule has 2 N–H and O–H groups in total. The number of aromatic amines is 1. The van der Waals surface area contributed by atoms with Gasteiger partial charge in [-0.1, -0.05) is 0 Å². The molecule has 24 heavy (non-hydrogen) atoms. The van der Waals surface area contributed by atoms with E-state index in [0.717, 1.165) is 35.1 Å². The molecule has 3 heterocycles. The second-order valence-corrected chi connectivity index (χ2v) is 6.83. The van der Waals surface area contributed by atoms with Gasteiger partial charge in [0.2, 0.25) is 0 Å². The van der Waals surface area contributed by atoms with Gasteiger partial charge in [-0.3, -0.25) is 4.79 Å². The van der Waals surface area contributed by atoms with E-state index in [1.54, 1.807) is 12.0 Å². The Morgan fingerprint density at radius 1 is 1.29 bits per heavy atom. The summed E-state index contributed by atoms with van der Waals surface area (Å²) in [6.07, 6.45) is 2.63. The molecule has 0 saturated carbocycles. The van der Waals surface area contributed by atoms with Crippen LogP contribution in [-0.2, 0) is 4.79 Å². The number of aromatic nitrogens is 1. The molecule has 4 rings (SSSR count). The first-order chi connectivity index (χ1) is 11.5. The first-order valence-corrected chi connectivity index (χ1v) is 8.21. The van der Waals surface area contributed by atoms with Gasteiger partial charge in [0.05, 0.1) is 7.11 Å². The van der Waals surface area contributed by atoms with Gasteiger partial charge in [-0.15, -0.1) is 0 Å². The van der Waals surface area contributed by atoms with Gasteiger partial charge in [0.1, 0.15) is 17.0 Å². The number of aliphatic carboxylic acids is 1. The van der Waals surface area contributed by atoms with Crippen LogP contribution in [0.2, 0.25) is 0 Å². The van der Waals surface area contributed by atoms with Gasteiger partial charge in [-0.2, -0.15) is 0 Å². The molecule has 2 bridgehead atoms. The highest BCUT2D eigenvalue weighted by molar-refractivity contribution is 6.02. The summed E-state index contributed by atoms with van der Waals surface area (Å²) in [7, 11) is 1.61. The van der Waals surface area contributed by atoms with E-state index in [4.69, 9.17) is 4.74 Å². The molecule has 0 radical (unpaired) electrons. The summed E-state index contributed by atoms with van der Waals surface area (Å²) in [6, 6.07) is 5.63. The molecule has 0 atom stereocenters. The highest BCUT2D eigenvalue weighted by atomic mass is 16.5. The lowest BCUT2D eigenvalue weighted by Crippen LogP contribution is -2.50. The third kappa shape index (κ3) is 1.89. The maximum atomic E-state index is 13.1. The lowest BCUT2D eigenvalue weighted by molar-refractivity contribution is -0.147. The number of carboxylic acids is 1. The largest absolute Gasteiger partial charge is 0.497 e. The summed E-state index contributed by atoms with van der Waals surface area (Å²) < 4.78 is 5.27. The number of carbonyl (C=O) groups excluding carboxylic acids is 1. The summed E-state index contributed by atoms with van der Waals surface area (Å²) in [5, 5.41) is 10.6. The molecular formula is C18H20N2O4. The third-order valence-electron chi connectivity index (χ3n) is 5.61. The number of rotatable bonds is 3. The quantitative estimate of drug-likeness (QED) is 0.907. The summed E-state index contributed by atoms with van der Waals surface area (Å²) in [5.41, 5.74) is 1.26. The second kappa shape index (κ2) is 5.00. The number of methoxy groups -OCH3 is 1. The zero-order valence-corrected chi connectivity index (χ0v) is 13.8. The number of hydrogen-bond acceptors (Lipinski definition) is 3. The monoisotopic (exact) mass is 328 g/mol. The molecule has 1 amide bonds. The molecule has 2 saturated heterocycles. The molecule has 126 valence electrons. The number of nitrogens with zero attached hydrogens (tertiary/aromatic N) is 1. The lowest BCUT2D eigenvalue weighted by Gasteiger charge is -2.30. The Balaban J connectivity index is 1.76. The van der Waals surface area contributed by atoms with E-state index < -0.39 is 11.5 Å². The Kier molecular flexibility index (Phi) is 3.13. The first-order valence-electron chi connectivity index (χ1n) is 8.21. The molecule has 0 unspecified atom stereocenters. The van der Waals surface area contributed by atoms with E-state index >= 15 is 0 Å². The fourth-order valence-electron chi connectivity index (χ4n) is 4.35. The van der Waals surface area contributed by atoms with E-state index in [1.807, 2.05) is 25.1 Å². The third-order valence-corrected chi connectivity index (χ3v) is 5.61. The van der Waals surface area contributed by atoms with Gasteiger partial charge in [0.25, 0.3) is 5.91 Å². The summed E-state index contributed by atoms with van der Waals surface area (Å²) in [4.78, 5) is 29.6. The molecule has 0 aliphatic carbocycles. The van der Waals surface area contributed by atoms with Crippen LogP contribution in [0.5, 0.6) is 5.75 Å². The summed E-state index contributed by atoms with van der Waals surface area (Å²) in [5.74, 6) is -0.374. The van der Waals surface area contributed by atoms with Crippen LogP contribution < -0.4 is 4.74 Å². The van der Waals surface area contributed by atoms with Gasteiger partial charge in [-0.05, 0) is 50.3 Å². The minimum Gasteiger partial charge on any atom is -0.497 e. The number of carboxylic acid groups (broad SMARTS) is 1. The van der Waals surface area contributed by atoms with Crippen LogP contribution in [0, 0.1) is 6.92 Å². The normalized spacial score (nSPS) is 25.4. The van der Waals surface area contributed by atoms with Crippen molar-refractivity contribution in [2.24, 2.45) is 0 Å². The van der Waals surface area contributed by atoms with Crippen molar-refractivity contribution >= 4 is 22.8 Å². The molecule has 2 aliphatic rings. The molecule has 2 aromatic rings. The highest BCUT2D eigenvalue weighted by Crippen LogP contribution is 2.47. The van der Waals surface area contributed by atoms with Crippen molar-refractivity contribution in [3.63, 3.8) is 0 Å². The fraction of sp³-hybridized carbons (Fsp3) is 0.444. The number of benzene rings is 1. The van der Waals surface area contributed by atoms with Crippen LogP contribution >= 0.6 is 0 Å². The molecule has 6 heteroatoms. The number of carbonyl (C=O) groups is 2. The Bertz CT molecular complexity index is 846. The van der Waals surface area contributed by atoms with Crippen LogP contribution in [0.15, 0.2) is 18.2 Å². The Morgan fingerprint density at radius 3 is 2.62 bits per heavy atom. The SMILES string of the molecule is COc1cc(C)c2cc(C(=O)N3C4CCC3(C(=O)O)CC4)[nH]c2c1. The van der Waals surface area contributed by atoms with Crippen molar-refractivity contribution in [1.82, 2.24) is 9.88 Å². The Hall–Kier alpha value is -2.50. The first kappa shape index (κ1) is 15.1. The average molecular weight is 328 g/mol. The van der Waals surface area contributed by atoms with Crippen LogP contribution in [-0.4, -0.2) is 45.6 Å². The zero-order chi connectivity index (χ0) is 17.1. The van der Waals surface area contributed by atoms with Gasteiger partial charge in [0, 0.05) is 23.0 Å². The van der Waals surface area contributed by atoms with Crippen LogP contribution in [0.1, 0.15) is 41.7 Å². The van der Waals surface area contributed by atoms with Crippen molar-refractivity contribution in [2.45, 2.75) is 44.2 Å². The van der Waals surface area contributed by atoms with Crippen LogP contribution in [0.25, 0.3) is 10.9 Å². The summed E-state index contributed by atoms with van der Waals surface area (Å²) >= 11 is 0. The second-order valence-electron chi connectivity index (χ2n) is 6.83. The number of fused-ring (bicyclic) bond motifs is 3. The van der Waals surface area contributed by atoms with E-state index in [9.17, 15) is 14.7 Å². The maximum absolute atomic E-state index is 13.1. The van der Waals surface area contributed by atoms with Crippen LogP contribution in [0.3, 0.4) is 0 Å². The smallest absolute Gasteiger partial charge is 0.329 e. The van der Waals surface area contributed by atoms with Gasteiger partial charge >= 0.3 is 5.97 Å². The minimum absolute atomic E-state index is 0.0376. The molecule has 1 aromatic heterocycles. The minimum atomic E-state index is -1.02. The number of H-pyrrole nitrogens is 1. The van der Waals surface area contributed by atoms with E-state index in [1.165, 1.54) is 0 Å². The molecular weight excluding hydrogens is 308 g/mol. The maximum Gasteiger partial charge on any atom is 0.329 e. The van der Waals surface area contributed by atoms with Crippen LogP contribution in [0.4, 0.5) is 0 Å². The van der Waals surface area contributed by atoms with Crippen molar-refractivity contribution < 1.29 is 19.4 Å². The fourth-order valence-corrected chi connectivity index (χ4v) is 4.35. The van der Waals surface area contributed by atoms with Gasteiger partial charge in [0.15, 0.2) is 0 Å². The van der Waals surface area contributed by atoms with Crippen molar-refractivity contribution in [3.8, 4) is 5.75 Å². The van der Waals surface area contributed by atoms with E-state index in [-0.39, 0.29) is 11.9 Å². The Labute approximate surface area is 139 Å². The highest BCUT2D eigenvalue weighted by Gasteiger charge is 2.58. The molecule has 2 aliphatic heterocycles. The zero-order valence-electron chi connectivity index (χ0n) is 13.8. The predicted octanol–water partition coefficient (Wildman–Crippen LogP) is 2.71. The van der Waals surface area contributed by atoms with E-state index in [0.29, 0.717) is 18.5 Å². The number of nitrogens with one attached hydrogen (secondary N) is 1. The lowest BCUT2D eigenvalue weighted by atomic mass is 9.88. The Morgan fingerprint density at radius 2 is 2.00 bits per heavy atom. The van der Waals surface area contributed by atoms with Gasteiger partial charge < -0.3 is 19.7 Å². The average Bonchev–Trinajstić information content (AvgIpc) is 3.25. The predicted molar refractivity (Wildman–Crippen MR) is 88.4 cm³/mol. The van der Waals surface area contributed by atoms with Crippen molar-refractivity contribution in [1.29, 1.82) is 0 Å². The number of amides is 1. The molecule has 1 aromatic carbocycles. The van der Waals surface area contributed by atoms with Gasteiger partial charge in [-0.25, -0.2) is 4.79 Å². The standard InChI is InChI=1S/C18H20N2O4/c1-10-7-12(24-2)8-14-13(10)9-15(19-14)16(21)20-11-3-5-18(20,6-4-11)17(22)23/h7-9,11,19H,3-6H2,1-2H3,(H,22,23). The molecule has 0 spiro atoms. The number of aryl methyl sites for hydroxylation is 1. The van der Waals surface area contributed by atoms with Crippen molar-refractivity contribution in [2.75, 3.05) is 7.11 Å². The molecule has 2 fully saturated rings.